The van der Waals surface area contributed by atoms with E-state index in [1.165, 1.54) is 45.2 Å². The molecule has 0 spiro atoms. The number of nitrogens with zero attached hydrogens (tertiary/aromatic N) is 2. The van der Waals surface area contributed by atoms with Gasteiger partial charge in [-0.25, -0.2) is 0 Å². The van der Waals surface area contributed by atoms with Crippen LogP contribution >= 0.6 is 0 Å². The highest BCUT2D eigenvalue weighted by molar-refractivity contribution is 5.28. The van der Waals surface area contributed by atoms with E-state index in [-0.39, 0.29) is 0 Å². The summed E-state index contributed by atoms with van der Waals surface area (Å²) in [4.78, 5) is 5.11. The van der Waals surface area contributed by atoms with E-state index in [1.807, 2.05) is 24.3 Å². The standard InChI is InChI=1S/C19H30N2O2/c1-23-18-7-5-16(6-8-18)19(22)15-20-13-9-17(10-14-20)21-11-3-2-4-12-21/h5-8,17,19,22H,2-4,9-15H2,1H3. The van der Waals surface area contributed by atoms with Crippen molar-refractivity contribution in [1.29, 1.82) is 0 Å². The van der Waals surface area contributed by atoms with Crippen molar-refractivity contribution in [1.82, 2.24) is 9.80 Å². The number of β-amino-alcohol motifs (C(OH)–C–C–N with tert-alkyl or cyclic N) is 1. The monoisotopic (exact) mass is 318 g/mol. The minimum absolute atomic E-state index is 0.410. The van der Waals surface area contributed by atoms with Crippen LogP contribution in [0.1, 0.15) is 43.8 Å². The number of rotatable bonds is 5. The molecule has 2 aliphatic rings. The van der Waals surface area contributed by atoms with Crippen LogP contribution in [0.2, 0.25) is 0 Å². The van der Waals surface area contributed by atoms with E-state index in [9.17, 15) is 5.11 Å². The Kier molecular flexibility index (Phi) is 5.92. The van der Waals surface area contributed by atoms with Gasteiger partial charge in [0.2, 0.25) is 0 Å². The highest BCUT2D eigenvalue weighted by Gasteiger charge is 2.26. The van der Waals surface area contributed by atoms with Crippen LogP contribution < -0.4 is 4.74 Å². The van der Waals surface area contributed by atoms with Crippen molar-refractivity contribution in [3.8, 4) is 5.75 Å². The summed E-state index contributed by atoms with van der Waals surface area (Å²) < 4.78 is 5.17. The Labute approximate surface area is 140 Å². The molecule has 0 radical (unpaired) electrons. The fourth-order valence-corrected chi connectivity index (χ4v) is 3.93. The van der Waals surface area contributed by atoms with Crippen LogP contribution in [0, 0.1) is 0 Å². The molecule has 2 saturated heterocycles. The maximum atomic E-state index is 10.5. The van der Waals surface area contributed by atoms with Crippen molar-refractivity contribution in [2.45, 2.75) is 44.2 Å². The molecule has 3 rings (SSSR count). The van der Waals surface area contributed by atoms with Gasteiger partial charge in [0.15, 0.2) is 0 Å². The average molecular weight is 318 g/mol. The Morgan fingerprint density at radius 3 is 2.30 bits per heavy atom. The van der Waals surface area contributed by atoms with Gasteiger partial charge in [-0.15, -0.1) is 0 Å². The van der Waals surface area contributed by atoms with Gasteiger partial charge in [-0.3, -0.25) is 0 Å². The smallest absolute Gasteiger partial charge is 0.118 e. The molecule has 4 nitrogen and oxygen atoms in total. The van der Waals surface area contributed by atoms with Crippen LogP contribution in [0.5, 0.6) is 5.75 Å². The molecule has 1 unspecified atom stereocenters. The molecular formula is C19H30N2O2. The predicted octanol–water partition coefficient (Wildman–Crippen LogP) is 2.68. The van der Waals surface area contributed by atoms with Crippen LogP contribution in [-0.4, -0.2) is 60.8 Å². The van der Waals surface area contributed by atoms with Crippen LogP contribution in [0.25, 0.3) is 0 Å². The largest absolute Gasteiger partial charge is 0.497 e. The third-order valence-electron chi connectivity index (χ3n) is 5.40. The van der Waals surface area contributed by atoms with Crippen molar-refractivity contribution >= 4 is 0 Å². The summed E-state index contributed by atoms with van der Waals surface area (Å²) in [6, 6.07) is 8.53. The van der Waals surface area contributed by atoms with Crippen molar-refractivity contribution < 1.29 is 9.84 Å². The highest BCUT2D eigenvalue weighted by Crippen LogP contribution is 2.23. The lowest BCUT2D eigenvalue weighted by Crippen LogP contribution is -2.47. The SMILES string of the molecule is COc1ccc(C(O)CN2CCC(N3CCCCC3)CC2)cc1. The lowest BCUT2D eigenvalue weighted by Gasteiger charge is -2.40. The van der Waals surface area contributed by atoms with Gasteiger partial charge in [0.1, 0.15) is 5.75 Å². The Hall–Kier alpha value is -1.10. The first kappa shape index (κ1) is 16.7. The molecule has 0 amide bonds. The van der Waals surface area contributed by atoms with E-state index < -0.39 is 6.10 Å². The van der Waals surface area contributed by atoms with E-state index in [0.717, 1.165) is 37.0 Å². The summed E-state index contributed by atoms with van der Waals surface area (Å²) >= 11 is 0. The molecule has 0 bridgehead atoms. The Bertz CT molecular complexity index is 463. The topological polar surface area (TPSA) is 35.9 Å². The minimum Gasteiger partial charge on any atom is -0.497 e. The number of aliphatic hydroxyl groups excluding tert-OH is 1. The molecule has 1 atom stereocenters. The second-order valence-corrected chi connectivity index (χ2v) is 6.92. The molecule has 2 heterocycles. The number of methoxy groups -OCH3 is 1. The van der Waals surface area contributed by atoms with Gasteiger partial charge < -0.3 is 19.6 Å². The van der Waals surface area contributed by atoms with Gasteiger partial charge in [0, 0.05) is 12.6 Å². The van der Waals surface area contributed by atoms with Crippen LogP contribution in [0.15, 0.2) is 24.3 Å². The molecular weight excluding hydrogens is 288 g/mol. The van der Waals surface area contributed by atoms with Gasteiger partial charge in [0.05, 0.1) is 13.2 Å². The van der Waals surface area contributed by atoms with Gasteiger partial charge >= 0.3 is 0 Å². The molecule has 2 aliphatic heterocycles. The minimum atomic E-state index is -0.410. The number of hydrogen-bond acceptors (Lipinski definition) is 4. The first-order chi connectivity index (χ1) is 11.3. The van der Waals surface area contributed by atoms with E-state index in [0.29, 0.717) is 0 Å². The summed E-state index contributed by atoms with van der Waals surface area (Å²) in [5, 5.41) is 10.5. The lowest BCUT2D eigenvalue weighted by atomic mass is 9.99. The lowest BCUT2D eigenvalue weighted by molar-refractivity contribution is 0.0601. The molecule has 1 aromatic carbocycles. The van der Waals surface area contributed by atoms with Gasteiger partial charge in [-0.2, -0.15) is 0 Å². The summed E-state index contributed by atoms with van der Waals surface area (Å²) in [6.07, 6.45) is 6.23. The van der Waals surface area contributed by atoms with Crippen LogP contribution in [0.3, 0.4) is 0 Å². The van der Waals surface area contributed by atoms with E-state index in [4.69, 9.17) is 4.74 Å². The Morgan fingerprint density at radius 2 is 1.70 bits per heavy atom. The van der Waals surface area contributed by atoms with Crippen molar-refractivity contribution in [2.75, 3.05) is 39.8 Å². The summed E-state index contributed by atoms with van der Waals surface area (Å²) in [6.45, 7) is 5.53. The zero-order valence-electron chi connectivity index (χ0n) is 14.3. The first-order valence-corrected chi connectivity index (χ1v) is 9.04. The normalized spacial score (nSPS) is 22.9. The maximum absolute atomic E-state index is 10.5. The summed E-state index contributed by atoms with van der Waals surface area (Å²) in [5.74, 6) is 0.836. The zero-order chi connectivity index (χ0) is 16.1. The molecule has 0 saturated carbocycles. The van der Waals surface area contributed by atoms with Crippen molar-refractivity contribution in [3.05, 3.63) is 29.8 Å². The molecule has 0 aliphatic carbocycles. The van der Waals surface area contributed by atoms with Gasteiger partial charge in [0.25, 0.3) is 0 Å². The van der Waals surface area contributed by atoms with Gasteiger partial charge in [-0.1, -0.05) is 18.6 Å². The number of aliphatic hydroxyl groups is 1. The molecule has 4 heteroatoms. The fraction of sp³-hybridized carbons (Fsp3) is 0.684. The van der Waals surface area contributed by atoms with Gasteiger partial charge in [-0.05, 0) is 69.6 Å². The number of benzene rings is 1. The average Bonchev–Trinajstić information content (AvgIpc) is 2.63. The van der Waals surface area contributed by atoms with Crippen LogP contribution in [-0.2, 0) is 0 Å². The predicted molar refractivity (Wildman–Crippen MR) is 92.8 cm³/mol. The second kappa shape index (κ2) is 8.13. The van der Waals surface area contributed by atoms with Crippen molar-refractivity contribution in [2.24, 2.45) is 0 Å². The summed E-state index contributed by atoms with van der Waals surface area (Å²) in [7, 11) is 1.66. The molecule has 1 aromatic rings. The van der Waals surface area contributed by atoms with Crippen LogP contribution in [0.4, 0.5) is 0 Å². The number of hydrogen-bond donors (Lipinski definition) is 1. The van der Waals surface area contributed by atoms with E-state index in [1.54, 1.807) is 7.11 Å². The second-order valence-electron chi connectivity index (χ2n) is 6.92. The number of ether oxygens (including phenoxy) is 1. The number of likely N-dealkylation sites (tertiary alicyclic amines) is 2. The molecule has 23 heavy (non-hydrogen) atoms. The van der Waals surface area contributed by atoms with E-state index in [2.05, 4.69) is 9.80 Å². The molecule has 0 aromatic heterocycles. The Balaban J connectivity index is 1.45. The van der Waals surface area contributed by atoms with E-state index >= 15 is 0 Å². The number of piperidine rings is 2. The molecule has 2 fully saturated rings. The third-order valence-corrected chi connectivity index (χ3v) is 5.40. The molecule has 128 valence electrons. The maximum Gasteiger partial charge on any atom is 0.118 e. The quantitative estimate of drug-likeness (QED) is 0.905. The highest BCUT2D eigenvalue weighted by atomic mass is 16.5. The van der Waals surface area contributed by atoms with Crippen molar-refractivity contribution in [3.63, 3.8) is 0 Å². The Morgan fingerprint density at radius 1 is 1.04 bits per heavy atom. The zero-order valence-corrected chi connectivity index (χ0v) is 14.3. The summed E-state index contributed by atoms with van der Waals surface area (Å²) in [5.41, 5.74) is 0.976. The fourth-order valence-electron chi connectivity index (χ4n) is 3.93. The first-order valence-electron chi connectivity index (χ1n) is 9.04. The third kappa shape index (κ3) is 4.46. The molecule has 1 N–H and O–H groups in total.